The zero-order valence-electron chi connectivity index (χ0n) is 13.4. The van der Waals surface area contributed by atoms with E-state index >= 15 is 0 Å². The predicted molar refractivity (Wildman–Crippen MR) is 90.0 cm³/mol. The standard InChI is InChI=1S/C19H16F2N2O2/c1-11(18(24)12-6-7-16(20)17(21)8-12)23-19(25)15-10-22-9-13-4-2-3-5-14(13)15/h2-11,18,24H,1H3,(H,23,25). The molecule has 0 bridgehead atoms. The lowest BCUT2D eigenvalue weighted by molar-refractivity contribution is 0.0852. The van der Waals surface area contributed by atoms with E-state index in [1.807, 2.05) is 24.3 Å². The number of fused-ring (bicyclic) bond motifs is 1. The number of carbonyl (C=O) groups is 1. The summed E-state index contributed by atoms with van der Waals surface area (Å²) in [5, 5.41) is 14.5. The lowest BCUT2D eigenvalue weighted by Gasteiger charge is -2.21. The molecule has 0 fully saturated rings. The first kappa shape index (κ1) is 17.0. The number of hydrogen-bond donors (Lipinski definition) is 2. The smallest absolute Gasteiger partial charge is 0.253 e. The quantitative estimate of drug-likeness (QED) is 0.764. The molecule has 0 saturated heterocycles. The first-order valence-electron chi connectivity index (χ1n) is 7.74. The molecule has 128 valence electrons. The Bertz CT molecular complexity index is 925. The monoisotopic (exact) mass is 342 g/mol. The molecule has 0 aliphatic rings. The van der Waals surface area contributed by atoms with Gasteiger partial charge in [0.2, 0.25) is 0 Å². The van der Waals surface area contributed by atoms with Crippen molar-refractivity contribution in [3.63, 3.8) is 0 Å². The maximum Gasteiger partial charge on any atom is 0.253 e. The molecule has 3 rings (SSSR count). The third kappa shape index (κ3) is 3.49. The fourth-order valence-electron chi connectivity index (χ4n) is 2.65. The molecule has 0 spiro atoms. The van der Waals surface area contributed by atoms with Crippen LogP contribution < -0.4 is 5.32 Å². The van der Waals surface area contributed by atoms with Crippen molar-refractivity contribution in [2.75, 3.05) is 0 Å². The van der Waals surface area contributed by atoms with Gasteiger partial charge < -0.3 is 10.4 Å². The number of amides is 1. The Morgan fingerprint density at radius 1 is 1.12 bits per heavy atom. The van der Waals surface area contributed by atoms with Crippen molar-refractivity contribution in [2.24, 2.45) is 0 Å². The molecule has 6 heteroatoms. The van der Waals surface area contributed by atoms with Crippen molar-refractivity contribution in [3.05, 3.63) is 77.6 Å². The van der Waals surface area contributed by atoms with Gasteiger partial charge in [0.15, 0.2) is 11.6 Å². The highest BCUT2D eigenvalue weighted by molar-refractivity contribution is 6.06. The fourth-order valence-corrected chi connectivity index (χ4v) is 2.65. The minimum Gasteiger partial charge on any atom is -0.386 e. The lowest BCUT2D eigenvalue weighted by Crippen LogP contribution is -2.37. The summed E-state index contributed by atoms with van der Waals surface area (Å²) in [7, 11) is 0. The van der Waals surface area contributed by atoms with Crippen molar-refractivity contribution in [3.8, 4) is 0 Å². The number of hydrogen-bond acceptors (Lipinski definition) is 3. The van der Waals surface area contributed by atoms with Crippen LogP contribution in [0.3, 0.4) is 0 Å². The highest BCUT2D eigenvalue weighted by Crippen LogP contribution is 2.21. The Morgan fingerprint density at radius 3 is 2.64 bits per heavy atom. The molecule has 4 nitrogen and oxygen atoms in total. The summed E-state index contributed by atoms with van der Waals surface area (Å²) in [5.41, 5.74) is 0.560. The van der Waals surface area contributed by atoms with Crippen LogP contribution >= 0.6 is 0 Å². The van der Waals surface area contributed by atoms with Crippen molar-refractivity contribution in [1.29, 1.82) is 0 Å². The van der Waals surface area contributed by atoms with Crippen molar-refractivity contribution in [2.45, 2.75) is 19.1 Å². The van der Waals surface area contributed by atoms with E-state index in [0.717, 1.165) is 22.9 Å². The minimum absolute atomic E-state index is 0.183. The summed E-state index contributed by atoms with van der Waals surface area (Å²) in [6, 6.07) is 9.75. The summed E-state index contributed by atoms with van der Waals surface area (Å²) in [6.45, 7) is 1.59. The second-order valence-electron chi connectivity index (χ2n) is 5.79. The molecular formula is C19H16F2N2O2. The molecule has 0 aliphatic heterocycles. The van der Waals surface area contributed by atoms with Gasteiger partial charge in [-0.05, 0) is 30.0 Å². The Morgan fingerprint density at radius 2 is 1.88 bits per heavy atom. The first-order valence-corrected chi connectivity index (χ1v) is 7.74. The van der Waals surface area contributed by atoms with E-state index in [0.29, 0.717) is 5.56 Å². The van der Waals surface area contributed by atoms with E-state index < -0.39 is 29.7 Å². The molecule has 25 heavy (non-hydrogen) atoms. The number of aromatic nitrogens is 1. The zero-order chi connectivity index (χ0) is 18.0. The summed E-state index contributed by atoms with van der Waals surface area (Å²) < 4.78 is 26.3. The average Bonchev–Trinajstić information content (AvgIpc) is 2.62. The highest BCUT2D eigenvalue weighted by Gasteiger charge is 2.21. The summed E-state index contributed by atoms with van der Waals surface area (Å²) in [4.78, 5) is 16.6. The third-order valence-electron chi connectivity index (χ3n) is 4.03. The SMILES string of the molecule is CC(NC(=O)c1cncc2ccccc12)C(O)c1ccc(F)c(F)c1. The number of carbonyl (C=O) groups excluding carboxylic acids is 1. The van der Waals surface area contributed by atoms with Crippen molar-refractivity contribution < 1.29 is 18.7 Å². The second kappa shape index (κ2) is 6.94. The van der Waals surface area contributed by atoms with Crippen LogP contribution in [0.25, 0.3) is 10.8 Å². The van der Waals surface area contributed by atoms with Gasteiger partial charge in [0.1, 0.15) is 0 Å². The second-order valence-corrected chi connectivity index (χ2v) is 5.79. The van der Waals surface area contributed by atoms with Gasteiger partial charge in [-0.1, -0.05) is 30.3 Å². The topological polar surface area (TPSA) is 62.2 Å². The van der Waals surface area contributed by atoms with Gasteiger partial charge in [0, 0.05) is 17.8 Å². The molecule has 3 aromatic rings. The average molecular weight is 342 g/mol. The number of pyridine rings is 1. The minimum atomic E-state index is -1.18. The molecular weight excluding hydrogens is 326 g/mol. The normalized spacial score (nSPS) is 13.4. The molecule has 2 atom stereocenters. The number of halogens is 2. The molecule has 2 N–H and O–H groups in total. The molecule has 0 aliphatic carbocycles. The van der Waals surface area contributed by atoms with Crippen LogP contribution in [0.5, 0.6) is 0 Å². The van der Waals surface area contributed by atoms with Crippen LogP contribution in [0, 0.1) is 11.6 Å². The van der Waals surface area contributed by atoms with E-state index in [1.165, 1.54) is 12.3 Å². The van der Waals surface area contributed by atoms with Crippen molar-refractivity contribution in [1.82, 2.24) is 10.3 Å². The Balaban J connectivity index is 1.80. The van der Waals surface area contributed by atoms with Gasteiger partial charge >= 0.3 is 0 Å². The fraction of sp³-hybridized carbons (Fsp3) is 0.158. The Labute approximate surface area is 143 Å². The van der Waals surface area contributed by atoms with Crippen LogP contribution in [0.1, 0.15) is 28.9 Å². The highest BCUT2D eigenvalue weighted by atomic mass is 19.2. The summed E-state index contributed by atoms with van der Waals surface area (Å²) in [6.07, 6.45) is 1.93. The Hall–Kier alpha value is -2.86. The van der Waals surface area contributed by atoms with Crippen LogP contribution in [-0.4, -0.2) is 22.0 Å². The van der Waals surface area contributed by atoms with Crippen LogP contribution in [0.4, 0.5) is 8.78 Å². The number of nitrogens with one attached hydrogen (secondary N) is 1. The van der Waals surface area contributed by atoms with Crippen molar-refractivity contribution >= 4 is 16.7 Å². The van der Waals surface area contributed by atoms with Crippen LogP contribution in [0.15, 0.2) is 54.9 Å². The largest absolute Gasteiger partial charge is 0.386 e. The molecule has 1 aromatic heterocycles. The number of aliphatic hydroxyl groups is 1. The molecule has 2 unspecified atom stereocenters. The molecule has 0 saturated carbocycles. The van der Waals surface area contributed by atoms with E-state index in [1.54, 1.807) is 13.1 Å². The lowest BCUT2D eigenvalue weighted by atomic mass is 10.0. The maximum absolute atomic E-state index is 13.3. The predicted octanol–water partition coefficient (Wildman–Crippen LogP) is 3.36. The number of aliphatic hydroxyl groups excluding tert-OH is 1. The van der Waals surface area contributed by atoms with E-state index in [4.69, 9.17) is 0 Å². The molecule has 1 amide bonds. The van der Waals surface area contributed by atoms with E-state index in [-0.39, 0.29) is 5.56 Å². The molecule has 0 radical (unpaired) electrons. The first-order chi connectivity index (χ1) is 12.0. The van der Waals surface area contributed by atoms with Gasteiger partial charge in [-0.3, -0.25) is 9.78 Å². The van der Waals surface area contributed by atoms with E-state index in [9.17, 15) is 18.7 Å². The summed E-state index contributed by atoms with van der Waals surface area (Å²) in [5.74, 6) is -2.44. The number of nitrogens with zero attached hydrogens (tertiary/aromatic N) is 1. The van der Waals surface area contributed by atoms with Gasteiger partial charge in [-0.2, -0.15) is 0 Å². The van der Waals surface area contributed by atoms with Crippen LogP contribution in [-0.2, 0) is 0 Å². The Kier molecular flexibility index (Phi) is 4.72. The van der Waals surface area contributed by atoms with Gasteiger partial charge in [0.25, 0.3) is 5.91 Å². The van der Waals surface area contributed by atoms with Gasteiger partial charge in [0.05, 0.1) is 17.7 Å². The molecule has 1 heterocycles. The maximum atomic E-state index is 13.3. The van der Waals surface area contributed by atoms with Gasteiger partial charge in [-0.15, -0.1) is 0 Å². The zero-order valence-corrected chi connectivity index (χ0v) is 13.4. The third-order valence-corrected chi connectivity index (χ3v) is 4.03. The number of benzene rings is 2. The summed E-state index contributed by atoms with van der Waals surface area (Å²) >= 11 is 0. The number of rotatable bonds is 4. The van der Waals surface area contributed by atoms with Crippen LogP contribution in [0.2, 0.25) is 0 Å². The molecule has 2 aromatic carbocycles. The van der Waals surface area contributed by atoms with Gasteiger partial charge in [-0.25, -0.2) is 8.78 Å². The van der Waals surface area contributed by atoms with E-state index in [2.05, 4.69) is 10.3 Å².